The molecule has 0 spiro atoms. The molecule has 2 aromatic heterocycles. The van der Waals surface area contributed by atoms with E-state index in [1.54, 1.807) is 35.2 Å². The highest BCUT2D eigenvalue weighted by molar-refractivity contribution is 7.12. The summed E-state index contributed by atoms with van der Waals surface area (Å²) in [6.07, 6.45) is 3.18. The molecule has 1 saturated heterocycles. The van der Waals surface area contributed by atoms with Crippen LogP contribution >= 0.6 is 11.3 Å². The van der Waals surface area contributed by atoms with Gasteiger partial charge in [-0.05, 0) is 36.4 Å². The Morgan fingerprint density at radius 1 is 1.41 bits per heavy atom. The zero-order chi connectivity index (χ0) is 15.5. The van der Waals surface area contributed by atoms with Gasteiger partial charge in [-0.1, -0.05) is 6.07 Å². The molecule has 3 rings (SSSR count). The Balaban J connectivity index is 1.69. The van der Waals surface area contributed by atoms with E-state index >= 15 is 0 Å². The highest BCUT2D eigenvalue weighted by Crippen LogP contribution is 2.23. The van der Waals surface area contributed by atoms with Crippen LogP contribution in [0.1, 0.15) is 28.3 Å². The zero-order valence-electron chi connectivity index (χ0n) is 12.4. The van der Waals surface area contributed by atoms with Gasteiger partial charge in [0.15, 0.2) is 0 Å². The van der Waals surface area contributed by atoms with E-state index < -0.39 is 0 Å². The largest absolute Gasteiger partial charge is 0.467 e. The molecule has 1 aliphatic heterocycles. The molecule has 1 aliphatic rings. The standard InChI is InChI=1S/C16H18N2O3S/c1-17(11-12-5-3-9-21-12)15(19)13-6-2-8-18(13)16(20)14-7-4-10-22-14/h3-5,7,9-10,13H,2,6,8,11H2,1H3. The van der Waals surface area contributed by atoms with E-state index in [-0.39, 0.29) is 17.9 Å². The minimum atomic E-state index is -0.366. The molecule has 5 nitrogen and oxygen atoms in total. The van der Waals surface area contributed by atoms with Crippen LogP contribution in [0, 0.1) is 0 Å². The Hall–Kier alpha value is -2.08. The third-order valence-corrected chi connectivity index (χ3v) is 4.74. The topological polar surface area (TPSA) is 53.8 Å². The maximum Gasteiger partial charge on any atom is 0.264 e. The molecule has 2 aromatic rings. The van der Waals surface area contributed by atoms with Gasteiger partial charge in [0, 0.05) is 13.6 Å². The second-order valence-electron chi connectivity index (χ2n) is 5.41. The number of carbonyl (C=O) groups is 2. The van der Waals surface area contributed by atoms with Crippen LogP contribution in [-0.4, -0.2) is 41.2 Å². The molecular formula is C16H18N2O3S. The Morgan fingerprint density at radius 2 is 2.27 bits per heavy atom. The first-order chi connectivity index (χ1) is 10.7. The normalized spacial score (nSPS) is 17.7. The van der Waals surface area contributed by atoms with Crippen LogP contribution in [0.4, 0.5) is 0 Å². The number of nitrogens with zero attached hydrogens (tertiary/aromatic N) is 2. The van der Waals surface area contributed by atoms with Gasteiger partial charge in [0.25, 0.3) is 5.91 Å². The van der Waals surface area contributed by atoms with Crippen molar-refractivity contribution in [3.63, 3.8) is 0 Å². The molecule has 116 valence electrons. The van der Waals surface area contributed by atoms with E-state index in [1.165, 1.54) is 11.3 Å². The fourth-order valence-electron chi connectivity index (χ4n) is 2.78. The summed E-state index contributed by atoms with van der Waals surface area (Å²) >= 11 is 1.41. The molecule has 0 N–H and O–H groups in total. The molecule has 0 radical (unpaired) electrons. The summed E-state index contributed by atoms with van der Waals surface area (Å²) in [6.45, 7) is 1.06. The number of amides is 2. The maximum absolute atomic E-state index is 12.6. The average Bonchev–Trinajstić information content (AvgIpc) is 3.26. The zero-order valence-corrected chi connectivity index (χ0v) is 13.2. The molecule has 3 heterocycles. The number of hydrogen-bond donors (Lipinski definition) is 0. The predicted molar refractivity (Wildman–Crippen MR) is 83.6 cm³/mol. The van der Waals surface area contributed by atoms with E-state index in [9.17, 15) is 9.59 Å². The average molecular weight is 318 g/mol. The maximum atomic E-state index is 12.6. The second-order valence-corrected chi connectivity index (χ2v) is 6.36. The first-order valence-corrected chi connectivity index (χ1v) is 8.16. The summed E-state index contributed by atoms with van der Waals surface area (Å²) in [4.78, 5) is 29.2. The van der Waals surface area contributed by atoms with Crippen molar-refractivity contribution in [2.45, 2.75) is 25.4 Å². The summed E-state index contributed by atoms with van der Waals surface area (Å²) in [5.74, 6) is 0.668. The second kappa shape index (κ2) is 6.36. The Bertz CT molecular complexity index is 636. The molecule has 0 aliphatic carbocycles. The number of likely N-dealkylation sites (tertiary alicyclic amines) is 1. The fourth-order valence-corrected chi connectivity index (χ4v) is 3.46. The molecule has 1 atom stereocenters. The quantitative estimate of drug-likeness (QED) is 0.871. The highest BCUT2D eigenvalue weighted by Gasteiger charge is 2.36. The number of thiophene rings is 1. The lowest BCUT2D eigenvalue weighted by Gasteiger charge is -2.27. The number of rotatable bonds is 4. The predicted octanol–water partition coefficient (Wildman–Crippen LogP) is 2.60. The van der Waals surface area contributed by atoms with E-state index in [2.05, 4.69) is 0 Å². The fraction of sp³-hybridized carbons (Fsp3) is 0.375. The van der Waals surface area contributed by atoms with Gasteiger partial charge in [-0.3, -0.25) is 9.59 Å². The van der Waals surface area contributed by atoms with E-state index in [0.717, 1.165) is 18.6 Å². The summed E-state index contributed by atoms with van der Waals surface area (Å²) < 4.78 is 5.28. The molecule has 1 fully saturated rings. The van der Waals surface area contributed by atoms with Crippen molar-refractivity contribution in [1.29, 1.82) is 0 Å². The van der Waals surface area contributed by atoms with Crippen LogP contribution in [0.2, 0.25) is 0 Å². The van der Waals surface area contributed by atoms with E-state index in [1.807, 2.05) is 17.5 Å². The van der Waals surface area contributed by atoms with Gasteiger partial charge < -0.3 is 14.2 Å². The number of furan rings is 1. The van der Waals surface area contributed by atoms with Gasteiger partial charge in [0.05, 0.1) is 17.7 Å². The molecule has 0 bridgehead atoms. The van der Waals surface area contributed by atoms with Crippen LogP contribution in [0.3, 0.4) is 0 Å². The van der Waals surface area contributed by atoms with Crippen molar-refractivity contribution in [3.05, 3.63) is 46.5 Å². The number of carbonyl (C=O) groups excluding carboxylic acids is 2. The van der Waals surface area contributed by atoms with E-state index in [0.29, 0.717) is 18.0 Å². The smallest absolute Gasteiger partial charge is 0.264 e. The highest BCUT2D eigenvalue weighted by atomic mass is 32.1. The Labute approximate surface area is 133 Å². The lowest BCUT2D eigenvalue weighted by molar-refractivity contribution is -0.134. The van der Waals surface area contributed by atoms with Crippen molar-refractivity contribution in [3.8, 4) is 0 Å². The molecule has 2 amide bonds. The van der Waals surface area contributed by atoms with Gasteiger partial charge in [-0.2, -0.15) is 0 Å². The van der Waals surface area contributed by atoms with Crippen LogP contribution in [-0.2, 0) is 11.3 Å². The van der Waals surface area contributed by atoms with Crippen molar-refractivity contribution in [2.75, 3.05) is 13.6 Å². The molecule has 0 saturated carbocycles. The number of hydrogen-bond acceptors (Lipinski definition) is 4. The monoisotopic (exact) mass is 318 g/mol. The minimum absolute atomic E-state index is 0.0289. The van der Waals surface area contributed by atoms with Crippen LogP contribution in [0.5, 0.6) is 0 Å². The van der Waals surface area contributed by atoms with Gasteiger partial charge in [0.1, 0.15) is 11.8 Å². The first kappa shape index (κ1) is 14.8. The lowest BCUT2D eigenvalue weighted by atomic mass is 10.2. The molecule has 22 heavy (non-hydrogen) atoms. The van der Waals surface area contributed by atoms with Crippen LogP contribution < -0.4 is 0 Å². The molecule has 1 unspecified atom stereocenters. The van der Waals surface area contributed by atoms with Crippen molar-refractivity contribution in [2.24, 2.45) is 0 Å². The van der Waals surface area contributed by atoms with Crippen LogP contribution in [0.25, 0.3) is 0 Å². The van der Waals surface area contributed by atoms with Crippen molar-refractivity contribution >= 4 is 23.2 Å². The third-order valence-electron chi connectivity index (χ3n) is 3.88. The third kappa shape index (κ3) is 2.92. The summed E-state index contributed by atoms with van der Waals surface area (Å²) in [7, 11) is 1.75. The van der Waals surface area contributed by atoms with Crippen molar-refractivity contribution in [1.82, 2.24) is 9.80 Å². The first-order valence-electron chi connectivity index (χ1n) is 7.28. The van der Waals surface area contributed by atoms with Crippen LogP contribution in [0.15, 0.2) is 40.3 Å². The summed E-state index contributed by atoms with van der Waals surface area (Å²) in [6, 6.07) is 6.94. The summed E-state index contributed by atoms with van der Waals surface area (Å²) in [5, 5.41) is 1.88. The minimum Gasteiger partial charge on any atom is -0.467 e. The molecule has 6 heteroatoms. The Kier molecular flexibility index (Phi) is 4.29. The molecule has 0 aromatic carbocycles. The van der Waals surface area contributed by atoms with Gasteiger partial charge in [-0.15, -0.1) is 11.3 Å². The van der Waals surface area contributed by atoms with Crippen molar-refractivity contribution < 1.29 is 14.0 Å². The molecular weight excluding hydrogens is 300 g/mol. The SMILES string of the molecule is CN(Cc1ccco1)C(=O)C1CCCN1C(=O)c1cccs1. The Morgan fingerprint density at radius 3 is 2.95 bits per heavy atom. The lowest BCUT2D eigenvalue weighted by Crippen LogP contribution is -2.46. The van der Waals surface area contributed by atoms with E-state index in [4.69, 9.17) is 4.42 Å². The summed E-state index contributed by atoms with van der Waals surface area (Å²) in [5.41, 5.74) is 0. The van der Waals surface area contributed by atoms with Gasteiger partial charge in [0.2, 0.25) is 5.91 Å². The number of likely N-dealkylation sites (N-methyl/N-ethyl adjacent to an activating group) is 1. The van der Waals surface area contributed by atoms with Gasteiger partial charge in [-0.25, -0.2) is 0 Å². The van der Waals surface area contributed by atoms with Gasteiger partial charge >= 0.3 is 0 Å².